The number of primary amides is 1. The Hall–Kier alpha value is -2.04. The lowest BCUT2D eigenvalue weighted by Gasteiger charge is -2.17. The lowest BCUT2D eigenvalue weighted by Crippen LogP contribution is -2.25. The van der Waals surface area contributed by atoms with Gasteiger partial charge in [-0.2, -0.15) is 0 Å². The molecule has 2 unspecified atom stereocenters. The van der Waals surface area contributed by atoms with E-state index in [1.165, 1.54) is 0 Å². The number of carbonyl (C=O) groups excluding carboxylic acids is 2. The van der Waals surface area contributed by atoms with E-state index in [9.17, 15) is 9.59 Å². The molecule has 5 nitrogen and oxygen atoms in total. The molecule has 0 aliphatic carbocycles. The highest BCUT2D eigenvalue weighted by Gasteiger charge is 2.16. The first-order valence-electron chi connectivity index (χ1n) is 6.68. The van der Waals surface area contributed by atoms with Crippen molar-refractivity contribution in [2.45, 2.75) is 45.8 Å². The van der Waals surface area contributed by atoms with Crippen LogP contribution in [-0.2, 0) is 15.9 Å². The molecule has 0 aliphatic heterocycles. The van der Waals surface area contributed by atoms with Crippen LogP contribution in [0.15, 0.2) is 24.3 Å². The smallest absolute Gasteiger partial charge is 0.404 e. The predicted octanol–water partition coefficient (Wildman–Crippen LogP) is 2.67. The Kier molecular flexibility index (Phi) is 6.03. The van der Waals surface area contributed by atoms with Crippen LogP contribution < -0.4 is 5.73 Å². The third kappa shape index (κ3) is 5.30. The molecule has 1 aromatic rings. The Morgan fingerprint density at radius 3 is 2.15 bits per heavy atom. The van der Waals surface area contributed by atoms with E-state index in [0.717, 1.165) is 12.0 Å². The minimum absolute atomic E-state index is 0.359. The van der Waals surface area contributed by atoms with Gasteiger partial charge in [0, 0.05) is 6.42 Å². The number of ether oxygens (including phenoxy) is 2. The molecule has 20 heavy (non-hydrogen) atoms. The van der Waals surface area contributed by atoms with Gasteiger partial charge in [-0.1, -0.05) is 19.1 Å². The number of amides is 1. The number of nitrogens with two attached hydrogens (primary N) is 1. The maximum atomic E-state index is 11.9. The Bertz CT molecular complexity index is 455. The summed E-state index contributed by atoms with van der Waals surface area (Å²) in [7, 11) is 0. The van der Waals surface area contributed by atoms with E-state index in [1.807, 2.05) is 12.1 Å². The molecule has 2 atom stereocenters. The van der Waals surface area contributed by atoms with Crippen LogP contribution in [0, 0.1) is 0 Å². The second kappa shape index (κ2) is 7.53. The zero-order valence-electron chi connectivity index (χ0n) is 12.1. The van der Waals surface area contributed by atoms with Crippen molar-refractivity contribution in [2.75, 3.05) is 0 Å². The summed E-state index contributed by atoms with van der Waals surface area (Å²) >= 11 is 0. The fourth-order valence-corrected chi connectivity index (χ4v) is 1.89. The van der Waals surface area contributed by atoms with Crippen LogP contribution in [0.3, 0.4) is 0 Å². The lowest BCUT2D eigenvalue weighted by atomic mass is 10.1. The van der Waals surface area contributed by atoms with Crippen molar-refractivity contribution in [1.29, 1.82) is 0 Å². The van der Waals surface area contributed by atoms with Gasteiger partial charge in [-0.3, -0.25) is 0 Å². The molecule has 1 amide bonds. The molecule has 1 aromatic carbocycles. The average Bonchev–Trinajstić information content (AvgIpc) is 2.37. The van der Waals surface area contributed by atoms with E-state index in [-0.39, 0.29) is 12.1 Å². The summed E-state index contributed by atoms with van der Waals surface area (Å²) in [5.41, 5.74) is 6.60. The second-order valence-electron chi connectivity index (χ2n) is 4.75. The molecule has 110 valence electrons. The van der Waals surface area contributed by atoms with Crippen molar-refractivity contribution in [2.24, 2.45) is 5.73 Å². The number of benzene rings is 1. The highest BCUT2D eigenvalue weighted by Crippen LogP contribution is 2.11. The zero-order chi connectivity index (χ0) is 15.1. The van der Waals surface area contributed by atoms with Gasteiger partial charge in [0.05, 0.1) is 5.56 Å². The molecule has 0 saturated heterocycles. The van der Waals surface area contributed by atoms with Gasteiger partial charge >= 0.3 is 12.1 Å². The number of carbonyl (C=O) groups is 2. The van der Waals surface area contributed by atoms with E-state index in [1.54, 1.807) is 26.0 Å². The summed E-state index contributed by atoms with van der Waals surface area (Å²) in [6, 6.07) is 7.30. The normalized spacial score (nSPS) is 13.3. The molecule has 0 saturated carbocycles. The summed E-state index contributed by atoms with van der Waals surface area (Å²) in [6.45, 7) is 5.50. The van der Waals surface area contributed by atoms with E-state index in [2.05, 4.69) is 6.92 Å². The largest absolute Gasteiger partial charge is 0.459 e. The van der Waals surface area contributed by atoms with Gasteiger partial charge in [0.1, 0.15) is 12.2 Å². The number of hydrogen-bond donors (Lipinski definition) is 1. The van der Waals surface area contributed by atoms with E-state index in [4.69, 9.17) is 15.2 Å². The number of hydrogen-bond acceptors (Lipinski definition) is 4. The summed E-state index contributed by atoms with van der Waals surface area (Å²) < 4.78 is 10.1. The highest BCUT2D eigenvalue weighted by atomic mass is 16.6. The van der Waals surface area contributed by atoms with E-state index >= 15 is 0 Å². The molecular formula is C15H21NO4. The van der Waals surface area contributed by atoms with Gasteiger partial charge in [-0.25, -0.2) is 9.59 Å². The number of rotatable bonds is 6. The van der Waals surface area contributed by atoms with Crippen molar-refractivity contribution in [3.8, 4) is 0 Å². The number of aryl methyl sites for hydroxylation is 1. The summed E-state index contributed by atoms with van der Waals surface area (Å²) in [4.78, 5) is 22.5. The maximum Gasteiger partial charge on any atom is 0.404 e. The molecule has 0 aromatic heterocycles. The van der Waals surface area contributed by atoms with Gasteiger partial charge in [0.15, 0.2) is 0 Å². The molecule has 0 fully saturated rings. The van der Waals surface area contributed by atoms with Crippen molar-refractivity contribution in [1.82, 2.24) is 0 Å². The van der Waals surface area contributed by atoms with E-state index in [0.29, 0.717) is 12.0 Å². The predicted molar refractivity (Wildman–Crippen MR) is 75.4 cm³/mol. The minimum Gasteiger partial charge on any atom is -0.459 e. The Balaban J connectivity index is 2.49. The SMILES string of the molecule is CCc1ccc(C(=O)OC(C)CC(C)OC(N)=O)cc1. The van der Waals surface area contributed by atoms with Gasteiger partial charge in [-0.15, -0.1) is 0 Å². The standard InChI is InChI=1S/C15H21NO4/c1-4-12-5-7-13(8-6-12)14(17)19-10(2)9-11(3)20-15(16)18/h5-8,10-11H,4,9H2,1-3H3,(H2,16,18). The summed E-state index contributed by atoms with van der Waals surface area (Å²) in [6.07, 6.45) is -0.248. The zero-order valence-corrected chi connectivity index (χ0v) is 12.1. The van der Waals surface area contributed by atoms with Crippen LogP contribution >= 0.6 is 0 Å². The van der Waals surface area contributed by atoms with Crippen LogP contribution in [-0.4, -0.2) is 24.3 Å². The lowest BCUT2D eigenvalue weighted by molar-refractivity contribution is 0.0197. The first-order valence-corrected chi connectivity index (χ1v) is 6.68. The molecule has 2 N–H and O–H groups in total. The van der Waals surface area contributed by atoms with Gasteiger partial charge in [0.2, 0.25) is 0 Å². The first kappa shape index (κ1) is 16.0. The molecular weight excluding hydrogens is 258 g/mol. The Morgan fingerprint density at radius 2 is 1.65 bits per heavy atom. The van der Waals surface area contributed by atoms with Crippen LogP contribution in [0.1, 0.15) is 43.1 Å². The first-order chi connectivity index (χ1) is 9.42. The molecule has 0 aliphatic rings. The van der Waals surface area contributed by atoms with Crippen molar-refractivity contribution < 1.29 is 19.1 Å². The van der Waals surface area contributed by atoms with Crippen LogP contribution in [0.5, 0.6) is 0 Å². The monoisotopic (exact) mass is 279 g/mol. The van der Waals surface area contributed by atoms with Crippen molar-refractivity contribution in [3.63, 3.8) is 0 Å². The fourth-order valence-electron chi connectivity index (χ4n) is 1.89. The minimum atomic E-state index is -0.828. The van der Waals surface area contributed by atoms with Gasteiger partial charge in [0.25, 0.3) is 0 Å². The quantitative estimate of drug-likeness (QED) is 0.812. The van der Waals surface area contributed by atoms with Crippen LogP contribution in [0.2, 0.25) is 0 Å². The molecule has 0 heterocycles. The molecule has 1 rings (SSSR count). The molecule has 0 radical (unpaired) electrons. The molecule has 5 heteroatoms. The number of esters is 1. The average molecular weight is 279 g/mol. The maximum absolute atomic E-state index is 11.9. The third-order valence-corrected chi connectivity index (χ3v) is 2.89. The van der Waals surface area contributed by atoms with Crippen LogP contribution in [0.25, 0.3) is 0 Å². The highest BCUT2D eigenvalue weighted by molar-refractivity contribution is 5.89. The molecule has 0 bridgehead atoms. The topological polar surface area (TPSA) is 78.6 Å². The van der Waals surface area contributed by atoms with Crippen LogP contribution in [0.4, 0.5) is 4.79 Å². The Labute approximate surface area is 119 Å². The summed E-state index contributed by atoms with van der Waals surface area (Å²) in [5, 5.41) is 0. The van der Waals surface area contributed by atoms with Gasteiger partial charge < -0.3 is 15.2 Å². The fraction of sp³-hybridized carbons (Fsp3) is 0.467. The third-order valence-electron chi connectivity index (χ3n) is 2.89. The van der Waals surface area contributed by atoms with Crippen molar-refractivity contribution in [3.05, 3.63) is 35.4 Å². The van der Waals surface area contributed by atoms with Gasteiger partial charge in [-0.05, 0) is 38.0 Å². The Morgan fingerprint density at radius 1 is 1.10 bits per heavy atom. The van der Waals surface area contributed by atoms with E-state index < -0.39 is 12.2 Å². The summed E-state index contributed by atoms with van der Waals surface area (Å²) in [5.74, 6) is -0.383. The second-order valence-corrected chi connectivity index (χ2v) is 4.75. The molecule has 0 spiro atoms. The van der Waals surface area contributed by atoms with Crippen molar-refractivity contribution >= 4 is 12.1 Å².